The topological polar surface area (TPSA) is 64.1 Å². The van der Waals surface area contributed by atoms with E-state index in [9.17, 15) is 8.78 Å². The highest BCUT2D eigenvalue weighted by molar-refractivity contribution is 9.10. The summed E-state index contributed by atoms with van der Waals surface area (Å²) in [5.41, 5.74) is 7.97. The van der Waals surface area contributed by atoms with Crippen LogP contribution in [0.5, 0.6) is 0 Å². The van der Waals surface area contributed by atoms with Crippen LogP contribution in [0.4, 0.5) is 14.5 Å². The van der Waals surface area contributed by atoms with Crippen LogP contribution in [0.2, 0.25) is 5.15 Å². The monoisotopic (exact) mass is 475 g/mol. The lowest BCUT2D eigenvalue weighted by atomic mass is 10.1. The lowest BCUT2D eigenvalue weighted by molar-refractivity contribution is 0.0953. The third-order valence-electron chi connectivity index (χ3n) is 4.64. The number of nitrogens with one attached hydrogen (secondary N) is 1. The number of aromatic nitrogens is 1. The summed E-state index contributed by atoms with van der Waals surface area (Å²) in [4.78, 5) is 5.51. The number of alkyl halides is 2. The van der Waals surface area contributed by atoms with Crippen molar-refractivity contribution in [1.29, 1.82) is 0 Å². The van der Waals surface area contributed by atoms with Gasteiger partial charge in [-0.05, 0) is 33.8 Å². The number of thiophene rings is 1. The zero-order valence-corrected chi connectivity index (χ0v) is 17.3. The lowest BCUT2D eigenvalue weighted by Crippen LogP contribution is -2.24. The van der Waals surface area contributed by atoms with Crippen LogP contribution in [-0.2, 0) is 13.0 Å². The third kappa shape index (κ3) is 4.13. The molecule has 3 heterocycles. The van der Waals surface area contributed by atoms with Gasteiger partial charge in [0.1, 0.15) is 16.4 Å². The highest BCUT2D eigenvalue weighted by Gasteiger charge is 2.56. The lowest BCUT2D eigenvalue weighted by Gasteiger charge is -2.09. The van der Waals surface area contributed by atoms with Gasteiger partial charge in [-0.15, -0.1) is 11.3 Å². The average Bonchev–Trinajstić information content (AvgIpc) is 2.97. The maximum atomic E-state index is 13.1. The molecular weight excluding hydrogens is 460 g/mol. The first kappa shape index (κ1) is 19.1. The van der Waals surface area contributed by atoms with Crippen molar-refractivity contribution >= 4 is 55.7 Å². The summed E-state index contributed by atoms with van der Waals surface area (Å²) in [7, 11) is 0. The molecule has 1 aliphatic carbocycles. The van der Waals surface area contributed by atoms with Gasteiger partial charge in [0.2, 0.25) is 0 Å². The van der Waals surface area contributed by atoms with Crippen LogP contribution in [0.3, 0.4) is 0 Å². The fourth-order valence-electron chi connectivity index (χ4n) is 3.12. The van der Waals surface area contributed by atoms with Gasteiger partial charge in [-0.2, -0.15) is 0 Å². The summed E-state index contributed by atoms with van der Waals surface area (Å²) in [6.07, 6.45) is 0.551. The standard InChI is InChI=1S/C18H17BrClF2N3OS/c19-15-13(5-10(23)4-9-7-18(9,21)22)26-17-12(6-14(20)25-16(15)17)24-8-11-2-1-3-27-11/h1-3,6,9-10H,4-5,7-8,23H2,(H,24,25)/t9-,10-/m0/s1. The van der Waals surface area contributed by atoms with Crippen LogP contribution in [0.25, 0.3) is 11.1 Å². The van der Waals surface area contributed by atoms with E-state index in [0.29, 0.717) is 39.5 Å². The first-order chi connectivity index (χ1) is 12.8. The van der Waals surface area contributed by atoms with Gasteiger partial charge in [0.05, 0.1) is 10.2 Å². The van der Waals surface area contributed by atoms with Crippen LogP contribution in [0.15, 0.2) is 32.5 Å². The van der Waals surface area contributed by atoms with Crippen molar-refractivity contribution < 1.29 is 13.2 Å². The summed E-state index contributed by atoms with van der Waals surface area (Å²) in [6.45, 7) is 0.636. The van der Waals surface area contributed by atoms with Crippen molar-refractivity contribution in [3.8, 4) is 0 Å². The predicted octanol–water partition coefficient (Wildman–Crippen LogP) is 5.83. The van der Waals surface area contributed by atoms with Gasteiger partial charge >= 0.3 is 0 Å². The Kier molecular flexibility index (Phi) is 5.18. The van der Waals surface area contributed by atoms with Gasteiger partial charge in [-0.3, -0.25) is 0 Å². The van der Waals surface area contributed by atoms with Crippen molar-refractivity contribution in [2.24, 2.45) is 11.7 Å². The number of pyridine rings is 1. The van der Waals surface area contributed by atoms with Gasteiger partial charge in [0, 0.05) is 42.3 Å². The number of furan rings is 1. The summed E-state index contributed by atoms with van der Waals surface area (Å²) in [5.74, 6) is -2.59. The Morgan fingerprint density at radius 3 is 2.96 bits per heavy atom. The number of nitrogens with zero attached hydrogens (tertiary/aromatic N) is 1. The zero-order valence-electron chi connectivity index (χ0n) is 14.1. The molecule has 1 aliphatic rings. The van der Waals surface area contributed by atoms with Crippen molar-refractivity contribution in [3.05, 3.63) is 43.8 Å². The van der Waals surface area contributed by atoms with Crippen LogP contribution < -0.4 is 11.1 Å². The molecule has 4 nitrogen and oxygen atoms in total. The highest BCUT2D eigenvalue weighted by atomic mass is 79.9. The Balaban J connectivity index is 1.55. The van der Waals surface area contributed by atoms with Crippen molar-refractivity contribution in [1.82, 2.24) is 4.98 Å². The smallest absolute Gasteiger partial charge is 0.251 e. The third-order valence-corrected chi connectivity index (χ3v) is 6.53. The van der Waals surface area contributed by atoms with E-state index in [2.05, 4.69) is 26.2 Å². The second-order valence-electron chi connectivity index (χ2n) is 6.80. The molecule has 0 aromatic carbocycles. The number of hydrogen-bond acceptors (Lipinski definition) is 5. The molecule has 4 rings (SSSR count). The van der Waals surface area contributed by atoms with Gasteiger partial charge in [-0.25, -0.2) is 13.8 Å². The molecule has 0 amide bonds. The van der Waals surface area contributed by atoms with Crippen LogP contribution >= 0.6 is 38.9 Å². The maximum Gasteiger partial charge on any atom is 0.251 e. The summed E-state index contributed by atoms with van der Waals surface area (Å²) < 4.78 is 32.9. The SMILES string of the molecule is N[C@H](Cc1oc2c(NCc3cccs3)cc(Cl)nc2c1Br)C[C@H]1CC1(F)F. The largest absolute Gasteiger partial charge is 0.456 e. The van der Waals surface area contributed by atoms with E-state index in [0.717, 1.165) is 5.69 Å². The zero-order chi connectivity index (χ0) is 19.2. The molecule has 27 heavy (non-hydrogen) atoms. The van der Waals surface area contributed by atoms with E-state index in [4.69, 9.17) is 21.8 Å². The maximum absolute atomic E-state index is 13.1. The highest BCUT2D eigenvalue weighted by Crippen LogP contribution is 2.51. The molecule has 1 fully saturated rings. The first-order valence-corrected chi connectivity index (χ1v) is 10.6. The summed E-state index contributed by atoms with van der Waals surface area (Å²) in [6, 6.07) is 5.33. The van der Waals surface area contributed by atoms with Crippen LogP contribution in [0, 0.1) is 5.92 Å². The minimum Gasteiger partial charge on any atom is -0.456 e. The number of anilines is 1. The van der Waals surface area contributed by atoms with Gasteiger partial charge in [-0.1, -0.05) is 17.7 Å². The Morgan fingerprint density at radius 2 is 2.30 bits per heavy atom. The van der Waals surface area contributed by atoms with Crippen molar-refractivity contribution in [2.45, 2.75) is 37.8 Å². The second kappa shape index (κ2) is 7.31. The molecule has 3 N–H and O–H groups in total. The number of fused-ring (bicyclic) bond motifs is 1. The predicted molar refractivity (Wildman–Crippen MR) is 108 cm³/mol. The van der Waals surface area contributed by atoms with Crippen molar-refractivity contribution in [3.63, 3.8) is 0 Å². The number of nitrogens with two attached hydrogens (primary N) is 1. The summed E-state index contributed by atoms with van der Waals surface area (Å²) in [5, 5.41) is 5.67. The fourth-order valence-corrected chi connectivity index (χ4v) is 4.47. The van der Waals surface area contributed by atoms with Gasteiger partial charge < -0.3 is 15.5 Å². The van der Waals surface area contributed by atoms with E-state index in [1.807, 2.05) is 17.5 Å². The molecule has 0 spiro atoms. The van der Waals surface area contributed by atoms with Gasteiger partial charge in [0.15, 0.2) is 5.58 Å². The molecule has 0 aliphatic heterocycles. The molecule has 0 radical (unpaired) electrons. The Hall–Kier alpha value is -1.22. The second-order valence-corrected chi connectivity index (χ2v) is 9.02. The summed E-state index contributed by atoms with van der Waals surface area (Å²) >= 11 is 11.3. The fraction of sp³-hybridized carbons (Fsp3) is 0.389. The first-order valence-electron chi connectivity index (χ1n) is 8.50. The Bertz CT molecular complexity index is 963. The Morgan fingerprint density at radius 1 is 1.52 bits per heavy atom. The van der Waals surface area contributed by atoms with E-state index >= 15 is 0 Å². The quantitative estimate of drug-likeness (QED) is 0.421. The molecule has 0 saturated heterocycles. The molecule has 144 valence electrons. The molecule has 1 saturated carbocycles. The van der Waals surface area contributed by atoms with Gasteiger partial charge in [0.25, 0.3) is 5.92 Å². The molecule has 3 aromatic heterocycles. The van der Waals surface area contributed by atoms with Crippen LogP contribution in [0.1, 0.15) is 23.5 Å². The average molecular weight is 477 g/mol. The van der Waals surface area contributed by atoms with E-state index in [1.165, 1.54) is 4.88 Å². The van der Waals surface area contributed by atoms with E-state index in [-0.39, 0.29) is 12.8 Å². The number of hydrogen-bond donors (Lipinski definition) is 2. The molecule has 9 heteroatoms. The molecule has 0 bridgehead atoms. The minimum atomic E-state index is -2.56. The Labute approximate surface area is 172 Å². The van der Waals surface area contributed by atoms with Crippen molar-refractivity contribution in [2.75, 3.05) is 5.32 Å². The van der Waals surface area contributed by atoms with Crippen LogP contribution in [-0.4, -0.2) is 16.9 Å². The molecule has 3 aromatic rings. The number of halogens is 4. The minimum absolute atomic E-state index is 0.0735. The molecular formula is C18H17BrClF2N3OS. The van der Waals surface area contributed by atoms with E-state index in [1.54, 1.807) is 17.4 Å². The van der Waals surface area contributed by atoms with E-state index < -0.39 is 17.9 Å². The number of rotatable bonds is 7. The molecule has 2 atom stereocenters. The normalized spacial score (nSPS) is 19.4. The molecule has 0 unspecified atom stereocenters.